The van der Waals surface area contributed by atoms with Crippen molar-refractivity contribution in [1.82, 2.24) is 9.97 Å². The zero-order chi connectivity index (χ0) is 14.0. The van der Waals surface area contributed by atoms with Gasteiger partial charge in [0.05, 0.1) is 6.10 Å². The molecule has 1 aliphatic carbocycles. The fourth-order valence-electron chi connectivity index (χ4n) is 2.09. The minimum atomic E-state index is -0.0479. The Labute approximate surface area is 123 Å². The second-order valence-corrected chi connectivity index (χ2v) is 6.85. The molecule has 1 saturated carbocycles. The summed E-state index contributed by atoms with van der Waals surface area (Å²) in [4.78, 5) is 9.05. The van der Waals surface area contributed by atoms with Crippen LogP contribution in [-0.4, -0.2) is 28.7 Å². The lowest BCUT2D eigenvalue weighted by Crippen LogP contribution is -2.41. The maximum absolute atomic E-state index is 5.57. The van der Waals surface area contributed by atoms with Crippen molar-refractivity contribution in [3.63, 3.8) is 0 Å². The molecule has 1 aliphatic rings. The molecule has 1 heterocycles. The van der Waals surface area contributed by atoms with Gasteiger partial charge in [-0.1, -0.05) is 20.8 Å². The summed E-state index contributed by atoms with van der Waals surface area (Å²) in [6, 6.07) is 2.40. The fourth-order valence-corrected chi connectivity index (χ4v) is 2.48. The normalized spacial score (nSPS) is 23.0. The average molecular weight is 328 g/mol. The Bertz CT molecular complexity index is 439. The van der Waals surface area contributed by atoms with E-state index in [4.69, 9.17) is 4.74 Å². The van der Waals surface area contributed by atoms with E-state index in [0.717, 1.165) is 35.7 Å². The summed E-state index contributed by atoms with van der Waals surface area (Å²) in [5, 5.41) is 3.46. The van der Waals surface area contributed by atoms with Crippen LogP contribution in [-0.2, 0) is 10.2 Å². The Kier molecular flexibility index (Phi) is 4.46. The van der Waals surface area contributed by atoms with Crippen LogP contribution < -0.4 is 5.32 Å². The minimum absolute atomic E-state index is 0.0479. The van der Waals surface area contributed by atoms with E-state index in [2.05, 4.69) is 52.0 Å². The van der Waals surface area contributed by atoms with Gasteiger partial charge in [-0.25, -0.2) is 9.97 Å². The van der Waals surface area contributed by atoms with Crippen LogP contribution in [0.5, 0.6) is 0 Å². The van der Waals surface area contributed by atoms with Crippen LogP contribution in [0.15, 0.2) is 10.7 Å². The molecule has 0 unspecified atom stereocenters. The van der Waals surface area contributed by atoms with E-state index in [1.54, 1.807) is 0 Å². The zero-order valence-electron chi connectivity index (χ0n) is 12.0. The molecular weight excluding hydrogens is 306 g/mol. The van der Waals surface area contributed by atoms with Crippen LogP contribution in [0.2, 0.25) is 0 Å². The maximum Gasteiger partial charge on any atom is 0.137 e. The van der Waals surface area contributed by atoms with Crippen LogP contribution in [0, 0.1) is 0 Å². The number of aromatic nitrogens is 2. The Morgan fingerprint density at radius 2 is 2.05 bits per heavy atom. The first kappa shape index (κ1) is 14.7. The number of anilines is 1. The van der Waals surface area contributed by atoms with Gasteiger partial charge in [0.2, 0.25) is 0 Å². The largest absolute Gasteiger partial charge is 0.378 e. The van der Waals surface area contributed by atoms with Gasteiger partial charge in [-0.15, -0.1) is 0 Å². The Morgan fingerprint density at radius 3 is 2.63 bits per heavy atom. The first-order valence-electron chi connectivity index (χ1n) is 6.81. The third kappa shape index (κ3) is 3.89. The summed E-state index contributed by atoms with van der Waals surface area (Å²) < 4.78 is 6.39. The molecule has 1 aromatic rings. The van der Waals surface area contributed by atoms with Gasteiger partial charge in [-0.3, -0.25) is 0 Å². The van der Waals surface area contributed by atoms with E-state index < -0.39 is 0 Å². The van der Waals surface area contributed by atoms with Crippen molar-refractivity contribution in [2.24, 2.45) is 0 Å². The van der Waals surface area contributed by atoms with Gasteiger partial charge >= 0.3 is 0 Å². The Hall–Kier alpha value is -0.680. The van der Waals surface area contributed by atoms with Crippen LogP contribution >= 0.6 is 15.9 Å². The molecule has 0 radical (unpaired) electrons. The first-order valence-corrected chi connectivity index (χ1v) is 7.61. The molecule has 2 rings (SSSR count). The molecule has 4 nitrogen and oxygen atoms in total. The molecule has 1 fully saturated rings. The lowest BCUT2D eigenvalue weighted by molar-refractivity contribution is 0.00291. The average Bonchev–Trinajstić information content (AvgIpc) is 2.24. The summed E-state index contributed by atoms with van der Waals surface area (Å²) in [5.74, 6) is 1.75. The smallest absolute Gasteiger partial charge is 0.137 e. The van der Waals surface area contributed by atoms with Crippen molar-refractivity contribution >= 4 is 21.7 Å². The number of hydrogen-bond acceptors (Lipinski definition) is 4. The van der Waals surface area contributed by atoms with Crippen LogP contribution in [0.3, 0.4) is 0 Å². The van der Waals surface area contributed by atoms with Crippen molar-refractivity contribution in [2.45, 2.75) is 58.1 Å². The van der Waals surface area contributed by atoms with Crippen LogP contribution in [0.4, 0.5) is 5.82 Å². The van der Waals surface area contributed by atoms with Gasteiger partial charge in [0, 0.05) is 24.1 Å². The molecule has 0 bridgehead atoms. The highest BCUT2D eigenvalue weighted by atomic mass is 79.9. The lowest BCUT2D eigenvalue weighted by atomic mass is 9.89. The van der Waals surface area contributed by atoms with E-state index in [9.17, 15) is 0 Å². The quantitative estimate of drug-likeness (QED) is 0.859. The number of nitrogens with zero attached hydrogens (tertiary/aromatic N) is 2. The molecule has 106 valence electrons. The predicted octanol–water partition coefficient (Wildman–Crippen LogP) is 3.52. The van der Waals surface area contributed by atoms with Crippen molar-refractivity contribution in [1.29, 1.82) is 0 Å². The van der Waals surface area contributed by atoms with Crippen molar-refractivity contribution in [2.75, 3.05) is 11.9 Å². The Balaban J connectivity index is 2.00. The third-order valence-corrected chi connectivity index (χ3v) is 3.62. The van der Waals surface area contributed by atoms with E-state index in [1.165, 1.54) is 0 Å². The fraction of sp³-hybridized carbons (Fsp3) is 0.714. The number of halogens is 1. The summed E-state index contributed by atoms with van der Waals surface area (Å²) in [5.41, 5.74) is -0.0479. The third-order valence-electron chi connectivity index (χ3n) is 3.21. The molecule has 0 saturated heterocycles. The number of hydrogen-bond donors (Lipinski definition) is 1. The van der Waals surface area contributed by atoms with Crippen molar-refractivity contribution in [3.05, 3.63) is 16.5 Å². The van der Waals surface area contributed by atoms with Crippen molar-refractivity contribution < 1.29 is 4.74 Å². The van der Waals surface area contributed by atoms with Gasteiger partial charge in [0.1, 0.15) is 16.2 Å². The van der Waals surface area contributed by atoms with Gasteiger partial charge in [-0.05, 0) is 35.7 Å². The van der Waals surface area contributed by atoms with E-state index in [0.29, 0.717) is 12.1 Å². The minimum Gasteiger partial charge on any atom is -0.378 e. The Morgan fingerprint density at radius 1 is 1.37 bits per heavy atom. The monoisotopic (exact) mass is 327 g/mol. The molecule has 0 aliphatic heterocycles. The topological polar surface area (TPSA) is 47.0 Å². The second-order valence-electron chi connectivity index (χ2n) is 6.04. The molecule has 0 atom stereocenters. The standard InChI is InChI=1S/C14H22BrN3O/c1-5-19-10-6-9(7-10)16-12-8-11(15)17-13(18-12)14(2,3)4/h8-10H,5-7H2,1-4H3,(H,16,17,18). The molecule has 0 aromatic carbocycles. The number of ether oxygens (including phenoxy) is 1. The summed E-state index contributed by atoms with van der Waals surface area (Å²) in [6.07, 6.45) is 2.52. The van der Waals surface area contributed by atoms with Gasteiger partial charge in [-0.2, -0.15) is 0 Å². The second kappa shape index (κ2) is 5.75. The molecule has 1 aromatic heterocycles. The van der Waals surface area contributed by atoms with E-state index in [-0.39, 0.29) is 5.41 Å². The first-order chi connectivity index (χ1) is 8.88. The predicted molar refractivity (Wildman–Crippen MR) is 80.5 cm³/mol. The highest BCUT2D eigenvalue weighted by molar-refractivity contribution is 9.10. The molecule has 1 N–H and O–H groups in total. The molecule has 5 heteroatoms. The van der Waals surface area contributed by atoms with Crippen LogP contribution in [0.1, 0.15) is 46.4 Å². The highest BCUT2D eigenvalue weighted by Crippen LogP contribution is 2.28. The van der Waals surface area contributed by atoms with Gasteiger partial charge in [0.25, 0.3) is 0 Å². The lowest BCUT2D eigenvalue weighted by Gasteiger charge is -2.35. The zero-order valence-corrected chi connectivity index (χ0v) is 13.6. The van der Waals surface area contributed by atoms with Gasteiger partial charge in [0.15, 0.2) is 0 Å². The van der Waals surface area contributed by atoms with Crippen molar-refractivity contribution in [3.8, 4) is 0 Å². The SMILES string of the molecule is CCOC1CC(Nc2cc(Br)nc(C(C)(C)C)n2)C1. The summed E-state index contributed by atoms with van der Waals surface area (Å²) in [6.45, 7) is 9.19. The molecule has 19 heavy (non-hydrogen) atoms. The number of rotatable bonds is 4. The highest BCUT2D eigenvalue weighted by Gasteiger charge is 2.30. The summed E-state index contributed by atoms with van der Waals surface area (Å²) in [7, 11) is 0. The van der Waals surface area contributed by atoms with E-state index in [1.807, 2.05) is 13.0 Å². The molecule has 0 amide bonds. The van der Waals surface area contributed by atoms with Gasteiger partial charge < -0.3 is 10.1 Å². The number of nitrogens with one attached hydrogen (secondary N) is 1. The van der Waals surface area contributed by atoms with E-state index >= 15 is 0 Å². The van der Waals surface area contributed by atoms with Crippen LogP contribution in [0.25, 0.3) is 0 Å². The maximum atomic E-state index is 5.57. The summed E-state index contributed by atoms with van der Waals surface area (Å²) >= 11 is 3.46. The molecular formula is C14H22BrN3O. The molecule has 0 spiro atoms.